The fourth-order valence-corrected chi connectivity index (χ4v) is 3.18. The highest BCUT2D eigenvalue weighted by atomic mass is 14.7. The molecule has 1 aromatic heterocycles. The molecule has 2 aromatic rings. The lowest BCUT2D eigenvalue weighted by atomic mass is 9.72. The second-order valence-corrected chi connectivity index (χ2v) is 7.89. The largest absolute Gasteiger partial charge is 0.261 e. The Hall–Kier alpha value is -1.63. The van der Waals surface area contributed by atoms with E-state index in [9.17, 15) is 0 Å². The number of benzene rings is 1. The minimum Gasteiger partial charge on any atom is -0.261 e. The third-order valence-corrected chi connectivity index (χ3v) is 3.88. The van der Waals surface area contributed by atoms with Crippen molar-refractivity contribution in [1.82, 2.24) is 4.98 Å². The van der Waals surface area contributed by atoms with E-state index >= 15 is 0 Å². The molecule has 1 aromatic carbocycles. The van der Waals surface area contributed by atoms with Gasteiger partial charge in [0.15, 0.2) is 0 Å². The van der Waals surface area contributed by atoms with E-state index in [0.717, 1.165) is 5.69 Å². The van der Waals surface area contributed by atoms with E-state index in [2.05, 4.69) is 76.0 Å². The molecule has 1 heterocycles. The van der Waals surface area contributed by atoms with Crippen LogP contribution in [0.3, 0.4) is 0 Å². The van der Waals surface area contributed by atoms with Crippen LogP contribution >= 0.6 is 0 Å². The maximum atomic E-state index is 4.38. The van der Waals surface area contributed by atoms with Crippen molar-refractivity contribution in [2.45, 2.75) is 53.4 Å². The Morgan fingerprint density at radius 3 is 1.86 bits per heavy atom. The molecular formula is C20H27N. The number of pyridine rings is 1. The number of aromatic nitrogens is 1. The molecule has 1 heteroatoms. The van der Waals surface area contributed by atoms with Crippen LogP contribution in [0.15, 0.2) is 42.6 Å². The molecule has 0 aliphatic carbocycles. The SMILES string of the molecule is Cc1ccc(-c2ccc(C(C)(C)CC(C)(C)C)cc2)cn1. The molecular weight excluding hydrogens is 254 g/mol. The predicted molar refractivity (Wildman–Crippen MR) is 91.5 cm³/mol. The average molecular weight is 281 g/mol. The molecule has 2 rings (SSSR count). The lowest BCUT2D eigenvalue weighted by Gasteiger charge is -2.33. The van der Waals surface area contributed by atoms with E-state index in [-0.39, 0.29) is 5.41 Å². The van der Waals surface area contributed by atoms with Gasteiger partial charge in [-0.2, -0.15) is 0 Å². The first-order valence-corrected chi connectivity index (χ1v) is 7.71. The van der Waals surface area contributed by atoms with Crippen molar-refractivity contribution in [2.75, 3.05) is 0 Å². The highest BCUT2D eigenvalue weighted by molar-refractivity contribution is 5.62. The van der Waals surface area contributed by atoms with Crippen molar-refractivity contribution in [3.05, 3.63) is 53.9 Å². The van der Waals surface area contributed by atoms with Crippen molar-refractivity contribution < 1.29 is 0 Å². The zero-order valence-electron chi connectivity index (χ0n) is 14.2. The minimum atomic E-state index is 0.197. The molecule has 0 fully saturated rings. The van der Waals surface area contributed by atoms with Crippen LogP contribution in [-0.2, 0) is 5.41 Å². The van der Waals surface area contributed by atoms with Gasteiger partial charge in [-0.25, -0.2) is 0 Å². The normalized spacial score (nSPS) is 12.5. The first kappa shape index (κ1) is 15.8. The van der Waals surface area contributed by atoms with Gasteiger partial charge in [-0.05, 0) is 41.4 Å². The Labute approximate surface area is 129 Å². The number of aryl methyl sites for hydroxylation is 1. The highest BCUT2D eigenvalue weighted by Gasteiger charge is 2.27. The lowest BCUT2D eigenvalue weighted by Crippen LogP contribution is -2.24. The number of rotatable bonds is 3. The molecule has 0 amide bonds. The first-order valence-electron chi connectivity index (χ1n) is 7.71. The molecule has 0 unspecified atom stereocenters. The van der Waals surface area contributed by atoms with Crippen molar-refractivity contribution in [1.29, 1.82) is 0 Å². The number of hydrogen-bond acceptors (Lipinski definition) is 1. The van der Waals surface area contributed by atoms with E-state index in [0.29, 0.717) is 5.41 Å². The number of nitrogens with zero attached hydrogens (tertiary/aromatic N) is 1. The van der Waals surface area contributed by atoms with E-state index in [1.165, 1.54) is 23.1 Å². The molecule has 0 aliphatic heterocycles. The van der Waals surface area contributed by atoms with Gasteiger partial charge in [0.05, 0.1) is 0 Å². The highest BCUT2D eigenvalue weighted by Crippen LogP contribution is 2.36. The Morgan fingerprint density at radius 1 is 0.810 bits per heavy atom. The molecule has 21 heavy (non-hydrogen) atoms. The van der Waals surface area contributed by atoms with Crippen LogP contribution in [0.2, 0.25) is 0 Å². The molecule has 0 spiro atoms. The van der Waals surface area contributed by atoms with Gasteiger partial charge < -0.3 is 0 Å². The van der Waals surface area contributed by atoms with E-state index in [1.54, 1.807) is 0 Å². The molecule has 112 valence electrons. The van der Waals surface area contributed by atoms with Gasteiger partial charge in [-0.1, -0.05) is 65.0 Å². The third-order valence-electron chi connectivity index (χ3n) is 3.88. The van der Waals surface area contributed by atoms with Crippen LogP contribution in [-0.4, -0.2) is 4.98 Å². The van der Waals surface area contributed by atoms with Crippen molar-refractivity contribution in [3.8, 4) is 11.1 Å². The summed E-state index contributed by atoms with van der Waals surface area (Å²) < 4.78 is 0. The summed E-state index contributed by atoms with van der Waals surface area (Å²) in [7, 11) is 0. The zero-order valence-corrected chi connectivity index (χ0v) is 14.2. The Kier molecular flexibility index (Phi) is 4.22. The van der Waals surface area contributed by atoms with Gasteiger partial charge in [-0.3, -0.25) is 4.98 Å². The van der Waals surface area contributed by atoms with Crippen LogP contribution in [0.5, 0.6) is 0 Å². The third kappa shape index (κ3) is 4.17. The number of hydrogen-bond donors (Lipinski definition) is 0. The molecule has 0 saturated carbocycles. The van der Waals surface area contributed by atoms with Gasteiger partial charge >= 0.3 is 0 Å². The monoisotopic (exact) mass is 281 g/mol. The van der Waals surface area contributed by atoms with E-state index in [1.807, 2.05) is 13.1 Å². The van der Waals surface area contributed by atoms with Crippen LogP contribution in [0.4, 0.5) is 0 Å². The average Bonchev–Trinajstić information content (AvgIpc) is 2.37. The molecule has 0 atom stereocenters. The summed E-state index contributed by atoms with van der Waals surface area (Å²) in [5, 5.41) is 0. The standard InChI is InChI=1S/C20H27N/c1-15-7-8-17(13-21-15)16-9-11-18(12-10-16)20(5,6)14-19(2,3)4/h7-13H,14H2,1-6H3. The molecule has 0 aliphatic rings. The van der Waals surface area contributed by atoms with Crippen LogP contribution in [0.25, 0.3) is 11.1 Å². The van der Waals surface area contributed by atoms with Crippen molar-refractivity contribution in [3.63, 3.8) is 0 Å². The lowest BCUT2D eigenvalue weighted by molar-refractivity contribution is 0.284. The summed E-state index contributed by atoms with van der Waals surface area (Å²) in [5.41, 5.74) is 5.41. The molecule has 0 N–H and O–H groups in total. The van der Waals surface area contributed by atoms with Crippen LogP contribution < -0.4 is 0 Å². The summed E-state index contributed by atoms with van der Waals surface area (Å²) in [6.07, 6.45) is 3.12. The van der Waals surface area contributed by atoms with Crippen molar-refractivity contribution in [2.24, 2.45) is 5.41 Å². The topological polar surface area (TPSA) is 12.9 Å². The van der Waals surface area contributed by atoms with Gasteiger partial charge in [-0.15, -0.1) is 0 Å². The zero-order chi connectivity index (χ0) is 15.7. The quantitative estimate of drug-likeness (QED) is 0.696. The maximum Gasteiger partial charge on any atom is 0.0373 e. The van der Waals surface area contributed by atoms with Gasteiger partial charge in [0, 0.05) is 17.5 Å². The Bertz CT molecular complexity index is 583. The summed E-state index contributed by atoms with van der Waals surface area (Å²) in [6, 6.07) is 13.2. The summed E-state index contributed by atoms with van der Waals surface area (Å²) in [6.45, 7) is 13.6. The van der Waals surface area contributed by atoms with E-state index < -0.39 is 0 Å². The summed E-state index contributed by atoms with van der Waals surface area (Å²) >= 11 is 0. The van der Waals surface area contributed by atoms with Gasteiger partial charge in [0.1, 0.15) is 0 Å². The summed E-state index contributed by atoms with van der Waals surface area (Å²) in [4.78, 5) is 4.38. The Morgan fingerprint density at radius 2 is 1.38 bits per heavy atom. The second-order valence-electron chi connectivity index (χ2n) is 7.89. The van der Waals surface area contributed by atoms with E-state index in [4.69, 9.17) is 0 Å². The van der Waals surface area contributed by atoms with Crippen LogP contribution in [0.1, 0.15) is 52.3 Å². The van der Waals surface area contributed by atoms with Crippen LogP contribution in [0, 0.1) is 12.3 Å². The molecule has 0 bridgehead atoms. The Balaban J connectivity index is 2.24. The van der Waals surface area contributed by atoms with Gasteiger partial charge in [0.2, 0.25) is 0 Å². The summed E-state index contributed by atoms with van der Waals surface area (Å²) in [5.74, 6) is 0. The molecule has 1 nitrogen and oxygen atoms in total. The predicted octanol–water partition coefficient (Wildman–Crippen LogP) is 5.77. The minimum absolute atomic E-state index is 0.197. The molecule has 0 radical (unpaired) electrons. The fraction of sp³-hybridized carbons (Fsp3) is 0.450. The maximum absolute atomic E-state index is 4.38. The van der Waals surface area contributed by atoms with Gasteiger partial charge in [0.25, 0.3) is 0 Å². The smallest absolute Gasteiger partial charge is 0.0373 e. The van der Waals surface area contributed by atoms with Crippen molar-refractivity contribution >= 4 is 0 Å². The fourth-order valence-electron chi connectivity index (χ4n) is 3.18. The molecule has 0 saturated heterocycles. The second kappa shape index (κ2) is 5.63. The first-order chi connectivity index (χ1) is 9.67.